The molecule has 1 unspecified atom stereocenters. The summed E-state index contributed by atoms with van der Waals surface area (Å²) in [5.41, 5.74) is 5.37. The summed E-state index contributed by atoms with van der Waals surface area (Å²) >= 11 is 0. The summed E-state index contributed by atoms with van der Waals surface area (Å²) in [6.45, 7) is 5.96. The number of nitrogens with two attached hydrogens (primary N) is 1. The molecule has 2 amide bonds. The molecule has 1 aliphatic heterocycles. The predicted octanol–water partition coefficient (Wildman–Crippen LogP) is 0.581. The van der Waals surface area contributed by atoms with Crippen LogP contribution in [0.4, 0.5) is 0 Å². The Kier molecular flexibility index (Phi) is 5.74. The number of fused-ring (bicyclic) bond motifs is 1. The lowest BCUT2D eigenvalue weighted by atomic mass is 9.88. The van der Waals surface area contributed by atoms with Gasteiger partial charge in [0.2, 0.25) is 0 Å². The molecule has 1 aromatic carbocycles. The molecule has 9 heteroatoms. The summed E-state index contributed by atoms with van der Waals surface area (Å²) in [6, 6.07) is 4.05. The summed E-state index contributed by atoms with van der Waals surface area (Å²) in [7, 11) is -2.57. The Bertz CT molecular complexity index is 822. The number of nitrogens with zero attached hydrogens (tertiary/aromatic N) is 1. The quantitative estimate of drug-likeness (QED) is 0.711. The highest BCUT2D eigenvalue weighted by Gasteiger charge is 2.41. The number of ether oxygens (including phenoxy) is 1. The van der Waals surface area contributed by atoms with Crippen LogP contribution >= 0.6 is 0 Å². The van der Waals surface area contributed by atoms with E-state index in [9.17, 15) is 18.0 Å². The largest absolute Gasteiger partial charge is 0.383 e. The minimum Gasteiger partial charge on any atom is -0.383 e. The normalized spacial score (nSPS) is 17.9. The van der Waals surface area contributed by atoms with Gasteiger partial charge in [0.25, 0.3) is 21.8 Å². The summed E-state index contributed by atoms with van der Waals surface area (Å²) in [5.74, 6) is -0.967. The predicted molar refractivity (Wildman–Crippen MR) is 96.3 cm³/mol. The van der Waals surface area contributed by atoms with Crippen LogP contribution in [0.1, 0.15) is 41.5 Å². The Hall–Kier alpha value is -1.97. The first kappa shape index (κ1) is 20.3. The summed E-state index contributed by atoms with van der Waals surface area (Å²) in [4.78, 5) is 24.8. The molecular formula is C17H25N3O5S. The monoisotopic (exact) mass is 383 g/mol. The standard InChI is InChI=1S/C17H25N3O5S/c1-11(2)17(3,10-18)19-15(21)12-5-6-13-14(9-12)26(23,24)20(16(13)22)7-8-25-4/h5-6,9,11H,7-8,10,18H2,1-4H3,(H,19,21). The Morgan fingerprint density at radius 2 is 2.04 bits per heavy atom. The number of benzene rings is 1. The maximum atomic E-state index is 12.6. The molecule has 0 spiro atoms. The minimum atomic E-state index is -3.99. The summed E-state index contributed by atoms with van der Waals surface area (Å²) in [5, 5.41) is 2.86. The van der Waals surface area contributed by atoms with Gasteiger partial charge in [-0.25, -0.2) is 12.7 Å². The molecule has 8 nitrogen and oxygen atoms in total. The molecule has 0 saturated heterocycles. The highest BCUT2D eigenvalue weighted by Crippen LogP contribution is 2.31. The van der Waals surface area contributed by atoms with Crippen molar-refractivity contribution in [2.75, 3.05) is 26.8 Å². The second-order valence-electron chi connectivity index (χ2n) is 6.82. The number of carbonyl (C=O) groups excluding carboxylic acids is 2. The zero-order valence-electron chi connectivity index (χ0n) is 15.4. The molecule has 2 rings (SSSR count). The number of methoxy groups -OCH3 is 1. The van der Waals surface area contributed by atoms with Gasteiger partial charge in [-0.1, -0.05) is 13.8 Å². The van der Waals surface area contributed by atoms with Crippen molar-refractivity contribution in [2.24, 2.45) is 11.7 Å². The topological polar surface area (TPSA) is 119 Å². The van der Waals surface area contributed by atoms with Gasteiger partial charge in [0, 0.05) is 19.2 Å². The van der Waals surface area contributed by atoms with E-state index in [4.69, 9.17) is 10.5 Å². The molecule has 0 aliphatic carbocycles. The minimum absolute atomic E-state index is 0.0584. The average Bonchev–Trinajstić information content (AvgIpc) is 2.78. The Balaban J connectivity index is 2.36. The van der Waals surface area contributed by atoms with Gasteiger partial charge in [0.1, 0.15) is 4.90 Å². The lowest BCUT2D eigenvalue weighted by Gasteiger charge is -2.33. The molecule has 1 atom stereocenters. The molecule has 1 aromatic rings. The fourth-order valence-corrected chi connectivity index (χ4v) is 4.15. The van der Waals surface area contributed by atoms with E-state index < -0.39 is 27.4 Å². The first-order chi connectivity index (χ1) is 12.1. The van der Waals surface area contributed by atoms with Crippen LogP contribution < -0.4 is 11.1 Å². The van der Waals surface area contributed by atoms with E-state index in [0.717, 1.165) is 4.31 Å². The molecule has 0 bridgehead atoms. The highest BCUT2D eigenvalue weighted by atomic mass is 32.2. The van der Waals surface area contributed by atoms with Crippen LogP contribution in [-0.2, 0) is 14.8 Å². The molecule has 1 heterocycles. The maximum absolute atomic E-state index is 12.6. The fourth-order valence-electron chi connectivity index (χ4n) is 2.57. The maximum Gasteiger partial charge on any atom is 0.269 e. The fraction of sp³-hybridized carbons (Fsp3) is 0.529. The van der Waals surface area contributed by atoms with Crippen molar-refractivity contribution < 1.29 is 22.7 Å². The lowest BCUT2D eigenvalue weighted by molar-refractivity contribution is 0.0834. The molecule has 144 valence electrons. The van der Waals surface area contributed by atoms with Gasteiger partial charge >= 0.3 is 0 Å². The number of rotatable bonds is 7. The van der Waals surface area contributed by atoms with Crippen LogP contribution in [0.5, 0.6) is 0 Å². The van der Waals surface area contributed by atoms with Crippen molar-refractivity contribution in [2.45, 2.75) is 31.2 Å². The lowest BCUT2D eigenvalue weighted by Crippen LogP contribution is -2.55. The van der Waals surface area contributed by atoms with E-state index in [0.29, 0.717) is 0 Å². The third-order valence-corrected chi connectivity index (χ3v) is 6.69. The van der Waals surface area contributed by atoms with Gasteiger partial charge in [-0.2, -0.15) is 0 Å². The van der Waals surface area contributed by atoms with Gasteiger partial charge in [-0.3, -0.25) is 9.59 Å². The van der Waals surface area contributed by atoms with Crippen molar-refractivity contribution in [1.29, 1.82) is 0 Å². The first-order valence-electron chi connectivity index (χ1n) is 8.31. The Morgan fingerprint density at radius 1 is 1.38 bits per heavy atom. The van der Waals surface area contributed by atoms with Crippen LogP contribution in [0, 0.1) is 5.92 Å². The number of amides is 2. The SMILES string of the molecule is COCCN1C(=O)c2ccc(C(=O)NC(C)(CN)C(C)C)cc2S1(=O)=O. The van der Waals surface area contributed by atoms with Crippen LogP contribution in [0.25, 0.3) is 0 Å². The smallest absolute Gasteiger partial charge is 0.269 e. The number of hydrogen-bond acceptors (Lipinski definition) is 6. The Labute approximate surface area is 153 Å². The number of hydrogen-bond donors (Lipinski definition) is 2. The van der Waals surface area contributed by atoms with E-state index in [1.807, 2.05) is 20.8 Å². The third kappa shape index (κ3) is 3.46. The zero-order chi connectivity index (χ0) is 19.7. The van der Waals surface area contributed by atoms with E-state index in [-0.39, 0.29) is 41.6 Å². The average molecular weight is 383 g/mol. The van der Waals surface area contributed by atoms with E-state index in [1.165, 1.54) is 25.3 Å². The van der Waals surface area contributed by atoms with Gasteiger partial charge in [-0.05, 0) is 31.0 Å². The van der Waals surface area contributed by atoms with Crippen molar-refractivity contribution in [3.05, 3.63) is 29.3 Å². The molecule has 1 aliphatic rings. The van der Waals surface area contributed by atoms with Crippen LogP contribution in [0.2, 0.25) is 0 Å². The van der Waals surface area contributed by atoms with E-state index in [1.54, 1.807) is 0 Å². The number of carbonyl (C=O) groups is 2. The third-order valence-electron chi connectivity index (χ3n) is 4.86. The van der Waals surface area contributed by atoms with Crippen molar-refractivity contribution in [3.63, 3.8) is 0 Å². The van der Waals surface area contributed by atoms with Crippen LogP contribution in [0.3, 0.4) is 0 Å². The molecular weight excluding hydrogens is 358 g/mol. The Morgan fingerprint density at radius 3 is 2.58 bits per heavy atom. The molecule has 0 aromatic heterocycles. The van der Waals surface area contributed by atoms with Gasteiger partial charge in [-0.15, -0.1) is 0 Å². The van der Waals surface area contributed by atoms with E-state index in [2.05, 4.69) is 5.32 Å². The van der Waals surface area contributed by atoms with Crippen molar-refractivity contribution >= 4 is 21.8 Å². The van der Waals surface area contributed by atoms with Crippen LogP contribution in [-0.4, -0.2) is 56.9 Å². The number of nitrogens with one attached hydrogen (secondary N) is 1. The van der Waals surface area contributed by atoms with Crippen LogP contribution in [0.15, 0.2) is 23.1 Å². The van der Waals surface area contributed by atoms with Crippen molar-refractivity contribution in [3.8, 4) is 0 Å². The summed E-state index contributed by atoms with van der Waals surface area (Å²) < 4.78 is 30.9. The molecule has 3 N–H and O–H groups in total. The molecule has 0 saturated carbocycles. The summed E-state index contributed by atoms with van der Waals surface area (Å²) in [6.07, 6.45) is 0. The van der Waals surface area contributed by atoms with Gasteiger partial charge in [0.15, 0.2) is 0 Å². The first-order valence-corrected chi connectivity index (χ1v) is 9.75. The van der Waals surface area contributed by atoms with E-state index >= 15 is 0 Å². The highest BCUT2D eigenvalue weighted by molar-refractivity contribution is 7.90. The van der Waals surface area contributed by atoms with Crippen molar-refractivity contribution in [1.82, 2.24) is 9.62 Å². The zero-order valence-corrected chi connectivity index (χ0v) is 16.2. The van der Waals surface area contributed by atoms with Gasteiger partial charge in [0.05, 0.1) is 24.3 Å². The van der Waals surface area contributed by atoms with Gasteiger partial charge < -0.3 is 15.8 Å². The molecule has 0 fully saturated rings. The second-order valence-corrected chi connectivity index (χ2v) is 8.65. The number of sulfonamides is 1. The second kappa shape index (κ2) is 7.34. The molecule has 0 radical (unpaired) electrons. The molecule has 26 heavy (non-hydrogen) atoms.